The number of carbonyl (C=O) groups excluding carboxylic acids is 1. The molecule has 0 unspecified atom stereocenters. The molecule has 0 radical (unpaired) electrons. The molecule has 1 atom stereocenters. The van der Waals surface area contributed by atoms with Crippen molar-refractivity contribution in [1.29, 1.82) is 5.26 Å². The van der Waals surface area contributed by atoms with Crippen molar-refractivity contribution in [2.24, 2.45) is 5.41 Å². The molecule has 39 heavy (non-hydrogen) atoms. The first-order valence-electron chi connectivity index (χ1n) is 13.3. The van der Waals surface area contributed by atoms with Crippen LogP contribution in [0.1, 0.15) is 48.5 Å². The predicted molar refractivity (Wildman–Crippen MR) is 149 cm³/mol. The predicted octanol–water partition coefficient (Wildman–Crippen LogP) is 2.55. The number of nitriles is 1. The summed E-state index contributed by atoms with van der Waals surface area (Å²) in [4.78, 5) is 22.4. The lowest BCUT2D eigenvalue weighted by atomic mass is 9.93. The van der Waals surface area contributed by atoms with Gasteiger partial charge in [0.15, 0.2) is 0 Å². The molecule has 3 heterocycles. The number of carbonyl (C=O) groups is 1. The molecule has 1 aromatic heterocycles. The molecule has 2 aliphatic heterocycles. The number of ether oxygens (including phenoxy) is 1. The molecule has 5 rings (SSSR count). The third-order valence-electron chi connectivity index (χ3n) is 7.75. The Kier molecular flexibility index (Phi) is 7.66. The lowest BCUT2D eigenvalue weighted by Crippen LogP contribution is -2.41. The van der Waals surface area contributed by atoms with Crippen molar-refractivity contribution < 1.29 is 23.1 Å². The number of nitrogens with zero attached hydrogens (tertiary/aromatic N) is 4. The quantitative estimate of drug-likeness (QED) is 0.448. The average molecular weight is 555 g/mol. The van der Waals surface area contributed by atoms with Gasteiger partial charge in [-0.3, -0.25) is 9.52 Å². The lowest BCUT2D eigenvalue weighted by molar-refractivity contribution is 0.0529. The summed E-state index contributed by atoms with van der Waals surface area (Å²) in [6.45, 7) is 4.84. The van der Waals surface area contributed by atoms with Gasteiger partial charge in [-0.1, -0.05) is 0 Å². The normalized spacial score (nSPS) is 20.4. The van der Waals surface area contributed by atoms with E-state index >= 15 is 0 Å². The summed E-state index contributed by atoms with van der Waals surface area (Å²) in [6, 6.07) is 10.2. The van der Waals surface area contributed by atoms with Crippen molar-refractivity contribution in [3.63, 3.8) is 0 Å². The van der Waals surface area contributed by atoms with Crippen LogP contribution in [-0.4, -0.2) is 75.7 Å². The Bertz CT molecular complexity index is 1380. The van der Waals surface area contributed by atoms with Crippen LogP contribution in [0.3, 0.4) is 0 Å². The number of pyridine rings is 1. The van der Waals surface area contributed by atoms with E-state index in [9.17, 15) is 18.5 Å². The van der Waals surface area contributed by atoms with E-state index in [1.807, 2.05) is 11.8 Å². The van der Waals surface area contributed by atoms with Crippen LogP contribution in [0.5, 0.6) is 0 Å². The number of benzene rings is 1. The second-order valence-corrected chi connectivity index (χ2v) is 12.5. The van der Waals surface area contributed by atoms with E-state index in [1.54, 1.807) is 30.3 Å². The van der Waals surface area contributed by atoms with Gasteiger partial charge in [-0.05, 0) is 68.4 Å². The van der Waals surface area contributed by atoms with E-state index in [1.165, 1.54) is 12.8 Å². The number of aliphatic hydroxyl groups is 1. The van der Waals surface area contributed by atoms with E-state index < -0.39 is 28.3 Å². The fourth-order valence-corrected chi connectivity index (χ4v) is 6.14. The third-order valence-corrected chi connectivity index (χ3v) is 9.01. The monoisotopic (exact) mass is 554 g/mol. The zero-order valence-electron chi connectivity index (χ0n) is 22.0. The highest BCUT2D eigenvalue weighted by Gasteiger charge is 2.44. The van der Waals surface area contributed by atoms with Gasteiger partial charge in [-0.25, -0.2) is 13.4 Å². The fraction of sp³-hybridized carbons (Fsp3) is 0.519. The number of hydrogen-bond donors (Lipinski definition) is 3. The fourth-order valence-electron chi connectivity index (χ4n) is 5.32. The number of aromatic nitrogens is 1. The molecule has 2 saturated heterocycles. The van der Waals surface area contributed by atoms with Crippen molar-refractivity contribution in [2.75, 3.05) is 65.0 Å². The molecule has 3 fully saturated rings. The number of rotatable bonds is 8. The van der Waals surface area contributed by atoms with Gasteiger partial charge in [0.1, 0.15) is 11.6 Å². The first-order valence-corrected chi connectivity index (χ1v) is 14.9. The SMILES string of the molecule is C[C@@H]1CN(c2cc(C#N)cc(NC(=O)c3ccc(NS(=O)(=O)CCO)cc3N3CCC4(CC3)CC4)n2)CCO1. The average Bonchev–Trinajstić information content (AvgIpc) is 3.67. The molecule has 1 aromatic carbocycles. The van der Waals surface area contributed by atoms with Gasteiger partial charge in [0.25, 0.3) is 5.91 Å². The molecule has 2 aromatic rings. The molecule has 0 bridgehead atoms. The topological polar surface area (TPSA) is 148 Å². The molecule has 12 heteroatoms. The number of piperidine rings is 1. The van der Waals surface area contributed by atoms with Gasteiger partial charge in [-0.15, -0.1) is 0 Å². The van der Waals surface area contributed by atoms with Gasteiger partial charge in [0.05, 0.1) is 53.6 Å². The van der Waals surface area contributed by atoms with Gasteiger partial charge < -0.3 is 25.0 Å². The summed E-state index contributed by atoms with van der Waals surface area (Å²) >= 11 is 0. The van der Waals surface area contributed by atoms with E-state index in [0.717, 1.165) is 25.9 Å². The van der Waals surface area contributed by atoms with Crippen molar-refractivity contribution >= 4 is 38.9 Å². The number of sulfonamides is 1. The minimum absolute atomic E-state index is 0.0273. The van der Waals surface area contributed by atoms with E-state index in [2.05, 4.69) is 26.0 Å². The Morgan fingerprint density at radius 2 is 1.95 bits per heavy atom. The van der Waals surface area contributed by atoms with Crippen molar-refractivity contribution in [3.8, 4) is 6.07 Å². The largest absolute Gasteiger partial charge is 0.395 e. The highest BCUT2D eigenvalue weighted by atomic mass is 32.2. The van der Waals surface area contributed by atoms with Gasteiger partial charge in [0.2, 0.25) is 10.0 Å². The van der Waals surface area contributed by atoms with Crippen molar-refractivity contribution in [3.05, 3.63) is 41.5 Å². The molecule has 11 nitrogen and oxygen atoms in total. The maximum Gasteiger partial charge on any atom is 0.258 e. The molecule has 3 N–H and O–H groups in total. The van der Waals surface area contributed by atoms with Crippen LogP contribution in [0.25, 0.3) is 0 Å². The molecule has 1 spiro atoms. The number of aliphatic hydroxyl groups excluding tert-OH is 1. The second kappa shape index (κ2) is 11.0. The number of nitrogens with one attached hydrogen (secondary N) is 2. The maximum atomic E-state index is 13.6. The summed E-state index contributed by atoms with van der Waals surface area (Å²) in [5.74, 6) is 0.0500. The molecular weight excluding hydrogens is 520 g/mol. The van der Waals surface area contributed by atoms with E-state index in [-0.39, 0.29) is 11.9 Å². The summed E-state index contributed by atoms with van der Waals surface area (Å²) in [5.41, 5.74) is 2.15. The Balaban J connectivity index is 1.42. The number of morpholine rings is 1. The Labute approximate surface area is 228 Å². The summed E-state index contributed by atoms with van der Waals surface area (Å²) in [7, 11) is -3.72. The van der Waals surface area contributed by atoms with E-state index in [4.69, 9.17) is 9.84 Å². The first kappa shape index (κ1) is 27.2. The van der Waals surface area contributed by atoms with Gasteiger partial charge in [-0.2, -0.15) is 5.26 Å². The van der Waals surface area contributed by atoms with Crippen molar-refractivity contribution in [1.82, 2.24) is 4.98 Å². The molecule has 208 valence electrons. The summed E-state index contributed by atoms with van der Waals surface area (Å²) < 4.78 is 32.7. The van der Waals surface area contributed by atoms with Crippen LogP contribution in [-0.2, 0) is 14.8 Å². The molecule has 1 amide bonds. The summed E-state index contributed by atoms with van der Waals surface area (Å²) in [6.07, 6.45) is 4.56. The van der Waals surface area contributed by atoms with Gasteiger partial charge in [0, 0.05) is 26.2 Å². The highest BCUT2D eigenvalue weighted by Crippen LogP contribution is 2.54. The van der Waals surface area contributed by atoms with Crippen LogP contribution in [0, 0.1) is 16.7 Å². The van der Waals surface area contributed by atoms with Gasteiger partial charge >= 0.3 is 0 Å². The Morgan fingerprint density at radius 1 is 1.18 bits per heavy atom. The smallest absolute Gasteiger partial charge is 0.258 e. The second-order valence-electron chi connectivity index (χ2n) is 10.7. The zero-order chi connectivity index (χ0) is 27.6. The van der Waals surface area contributed by atoms with Crippen LogP contribution >= 0.6 is 0 Å². The molecular formula is C27H34N6O5S. The van der Waals surface area contributed by atoms with Crippen LogP contribution in [0.4, 0.5) is 23.0 Å². The third kappa shape index (κ3) is 6.43. The Hall–Kier alpha value is -3.40. The van der Waals surface area contributed by atoms with Crippen LogP contribution < -0.4 is 19.8 Å². The lowest BCUT2D eigenvalue weighted by Gasteiger charge is -2.35. The van der Waals surface area contributed by atoms with Crippen LogP contribution in [0.2, 0.25) is 0 Å². The molecule has 3 aliphatic rings. The number of amides is 1. The minimum Gasteiger partial charge on any atom is -0.395 e. The number of anilines is 4. The minimum atomic E-state index is -3.72. The highest BCUT2D eigenvalue weighted by molar-refractivity contribution is 7.92. The standard InChI is InChI=1S/C27H34N6O5S/c1-19-18-33(10-12-38-19)25-15-20(17-28)14-24(29-25)30-26(35)22-3-2-21(31-39(36,37)13-11-34)16-23(22)32-8-6-27(4-5-27)7-9-32/h2-3,14-16,19,31,34H,4-13,18H2,1H3,(H,29,30,35)/t19-/m1/s1. The van der Waals surface area contributed by atoms with Crippen LogP contribution in [0.15, 0.2) is 30.3 Å². The molecule has 1 aliphatic carbocycles. The van der Waals surface area contributed by atoms with E-state index in [0.29, 0.717) is 53.4 Å². The number of hydrogen-bond acceptors (Lipinski definition) is 9. The maximum absolute atomic E-state index is 13.6. The molecule has 1 saturated carbocycles. The summed E-state index contributed by atoms with van der Waals surface area (Å²) in [5, 5.41) is 21.5. The Morgan fingerprint density at radius 3 is 2.62 bits per heavy atom. The zero-order valence-corrected chi connectivity index (χ0v) is 22.8. The van der Waals surface area contributed by atoms with Crippen molar-refractivity contribution in [2.45, 2.75) is 38.7 Å². The first-order chi connectivity index (χ1) is 18.7.